The van der Waals surface area contributed by atoms with E-state index in [0.717, 1.165) is 0 Å². The zero-order chi connectivity index (χ0) is 6.85. The Balaban J connectivity index is 0.000000810. The van der Waals surface area contributed by atoms with Gasteiger partial charge in [0.1, 0.15) is 6.04 Å². The van der Waals surface area contributed by atoms with Crippen molar-refractivity contribution in [1.82, 2.24) is 5.32 Å². The molecule has 4 nitrogen and oxygen atoms in total. The third-order valence-electron chi connectivity index (χ3n) is 1.50. The second-order valence-corrected chi connectivity index (χ2v) is 2.19. The van der Waals surface area contributed by atoms with Crippen molar-refractivity contribution < 1.29 is 9.90 Å². The summed E-state index contributed by atoms with van der Waals surface area (Å²) in [6.07, 6.45) is 0.0376. The lowest BCUT2D eigenvalue weighted by Crippen LogP contribution is -2.42. The van der Waals surface area contributed by atoms with Crippen LogP contribution in [-0.2, 0) is 4.79 Å². The molecule has 1 amide bonds. The Hall–Kier alpha value is -0.320. The number of nitrogens with two attached hydrogens (primary N) is 1. The van der Waals surface area contributed by atoms with Gasteiger partial charge < -0.3 is 16.2 Å². The van der Waals surface area contributed by atoms with Gasteiger partial charge in [-0.1, -0.05) is 0 Å². The van der Waals surface area contributed by atoms with E-state index in [1.54, 1.807) is 0 Å². The van der Waals surface area contributed by atoms with Crippen LogP contribution in [0.25, 0.3) is 0 Å². The van der Waals surface area contributed by atoms with Crippen LogP contribution in [0.4, 0.5) is 0 Å². The number of aliphatic hydroxyl groups excluding tert-OH is 1. The van der Waals surface area contributed by atoms with E-state index in [2.05, 4.69) is 5.32 Å². The van der Waals surface area contributed by atoms with Gasteiger partial charge in [-0.05, 0) is 13.0 Å². The first-order valence-corrected chi connectivity index (χ1v) is 2.92. The highest BCUT2D eigenvalue weighted by atomic mass is 35.5. The number of carbonyl (C=O) groups excluding carboxylic acids is 1. The van der Waals surface area contributed by atoms with Crippen molar-refractivity contribution in [2.24, 2.45) is 5.73 Å². The van der Waals surface area contributed by atoms with E-state index in [0.29, 0.717) is 13.0 Å². The van der Waals surface area contributed by atoms with E-state index in [1.807, 2.05) is 0 Å². The minimum absolute atomic E-state index is 0. The van der Waals surface area contributed by atoms with Crippen LogP contribution in [0.3, 0.4) is 0 Å². The molecule has 1 aliphatic rings. The van der Waals surface area contributed by atoms with Crippen LogP contribution in [-0.4, -0.2) is 29.7 Å². The predicted octanol–water partition coefficient (Wildman–Crippen LogP) is -1.38. The summed E-state index contributed by atoms with van der Waals surface area (Å²) >= 11 is 0. The fraction of sp³-hybridized carbons (Fsp3) is 0.800. The van der Waals surface area contributed by atoms with Crippen LogP contribution in [0.15, 0.2) is 0 Å². The van der Waals surface area contributed by atoms with Gasteiger partial charge in [0.15, 0.2) is 0 Å². The van der Waals surface area contributed by atoms with Crippen LogP contribution in [0.1, 0.15) is 6.42 Å². The van der Waals surface area contributed by atoms with E-state index in [4.69, 9.17) is 10.8 Å². The van der Waals surface area contributed by atoms with Crippen molar-refractivity contribution in [3.63, 3.8) is 0 Å². The molecule has 5 heteroatoms. The van der Waals surface area contributed by atoms with E-state index >= 15 is 0 Å². The Bertz CT molecular complexity index is 131. The lowest BCUT2D eigenvalue weighted by Gasteiger charge is -2.08. The quantitative estimate of drug-likeness (QED) is 0.449. The molecule has 2 atom stereocenters. The number of aliphatic hydroxyl groups is 1. The smallest absolute Gasteiger partial charge is 0.237 e. The largest absolute Gasteiger partial charge is 0.391 e. The number of rotatable bonds is 1. The first kappa shape index (κ1) is 9.68. The van der Waals surface area contributed by atoms with Crippen LogP contribution < -0.4 is 11.1 Å². The van der Waals surface area contributed by atoms with Crippen molar-refractivity contribution in [2.75, 3.05) is 6.54 Å². The van der Waals surface area contributed by atoms with E-state index in [-0.39, 0.29) is 12.4 Å². The molecular formula is C5H11ClN2O2. The number of hydrogen-bond donors (Lipinski definition) is 3. The molecular weight excluding hydrogens is 156 g/mol. The van der Waals surface area contributed by atoms with Gasteiger partial charge in [0.05, 0.1) is 6.10 Å². The zero-order valence-electron chi connectivity index (χ0n) is 5.41. The van der Waals surface area contributed by atoms with E-state index in [9.17, 15) is 4.79 Å². The Labute approximate surface area is 65.2 Å². The normalized spacial score (nSPS) is 31.3. The number of primary amides is 1. The van der Waals surface area contributed by atoms with Gasteiger partial charge in [-0.2, -0.15) is 0 Å². The molecule has 0 radical (unpaired) electrons. The summed E-state index contributed by atoms with van der Waals surface area (Å²) in [4.78, 5) is 10.4. The van der Waals surface area contributed by atoms with Crippen molar-refractivity contribution >= 4 is 18.3 Å². The molecule has 0 aromatic rings. The molecule has 1 heterocycles. The summed E-state index contributed by atoms with van der Waals surface area (Å²) in [5.74, 6) is -0.472. The highest BCUT2D eigenvalue weighted by Gasteiger charge is 2.28. The first-order chi connectivity index (χ1) is 4.22. The van der Waals surface area contributed by atoms with Gasteiger partial charge in [-0.3, -0.25) is 4.79 Å². The molecule has 10 heavy (non-hydrogen) atoms. The molecule has 1 fully saturated rings. The molecule has 60 valence electrons. The van der Waals surface area contributed by atoms with Crippen LogP contribution >= 0.6 is 12.4 Å². The van der Waals surface area contributed by atoms with Crippen molar-refractivity contribution in [3.8, 4) is 0 Å². The van der Waals surface area contributed by atoms with Gasteiger partial charge in [0.25, 0.3) is 0 Å². The van der Waals surface area contributed by atoms with Gasteiger partial charge >= 0.3 is 0 Å². The second-order valence-electron chi connectivity index (χ2n) is 2.19. The molecule has 0 bridgehead atoms. The molecule has 0 aliphatic carbocycles. The molecule has 1 rings (SSSR count). The summed E-state index contributed by atoms with van der Waals surface area (Å²) in [5.41, 5.74) is 4.93. The fourth-order valence-corrected chi connectivity index (χ4v) is 0.980. The third kappa shape index (κ3) is 1.83. The molecule has 0 spiro atoms. The molecule has 1 saturated heterocycles. The Morgan fingerprint density at radius 3 is 2.50 bits per heavy atom. The first-order valence-electron chi connectivity index (χ1n) is 2.92. The molecule has 0 aromatic heterocycles. The number of carbonyl (C=O) groups is 1. The lowest BCUT2D eigenvalue weighted by atomic mass is 10.2. The minimum atomic E-state index is -0.581. The summed E-state index contributed by atoms with van der Waals surface area (Å²) < 4.78 is 0. The molecule has 4 N–H and O–H groups in total. The topological polar surface area (TPSA) is 75.4 Å². The second kappa shape index (κ2) is 3.75. The Kier molecular flexibility index (Phi) is 3.63. The summed E-state index contributed by atoms with van der Waals surface area (Å²) in [6.45, 7) is 0.675. The van der Waals surface area contributed by atoms with Gasteiger partial charge in [0, 0.05) is 0 Å². The van der Waals surface area contributed by atoms with Gasteiger partial charge in [-0.25, -0.2) is 0 Å². The number of nitrogens with one attached hydrogen (secondary N) is 1. The fourth-order valence-electron chi connectivity index (χ4n) is 0.980. The van der Waals surface area contributed by atoms with E-state index in [1.165, 1.54) is 0 Å². The number of amides is 1. The highest BCUT2D eigenvalue weighted by molar-refractivity contribution is 5.85. The SMILES string of the molecule is Cl.NC(=O)[C@H]1NCCC1O. The molecule has 1 unspecified atom stereocenters. The summed E-state index contributed by atoms with van der Waals surface area (Å²) in [5, 5.41) is 11.8. The maximum atomic E-state index is 10.4. The monoisotopic (exact) mass is 166 g/mol. The lowest BCUT2D eigenvalue weighted by molar-refractivity contribution is -0.121. The van der Waals surface area contributed by atoms with Crippen LogP contribution in [0, 0.1) is 0 Å². The third-order valence-corrected chi connectivity index (χ3v) is 1.50. The Morgan fingerprint density at radius 2 is 2.30 bits per heavy atom. The number of hydrogen-bond acceptors (Lipinski definition) is 3. The molecule has 0 aromatic carbocycles. The van der Waals surface area contributed by atoms with Crippen LogP contribution in [0.5, 0.6) is 0 Å². The van der Waals surface area contributed by atoms with Gasteiger partial charge in [-0.15, -0.1) is 12.4 Å². The van der Waals surface area contributed by atoms with Crippen LogP contribution in [0.2, 0.25) is 0 Å². The summed E-state index contributed by atoms with van der Waals surface area (Å²) in [6, 6.07) is -0.523. The van der Waals surface area contributed by atoms with Gasteiger partial charge in [0.2, 0.25) is 5.91 Å². The maximum Gasteiger partial charge on any atom is 0.237 e. The Morgan fingerprint density at radius 1 is 1.70 bits per heavy atom. The van der Waals surface area contributed by atoms with E-state index < -0.39 is 18.1 Å². The average Bonchev–Trinajstić information content (AvgIpc) is 2.13. The van der Waals surface area contributed by atoms with Crippen molar-refractivity contribution in [3.05, 3.63) is 0 Å². The maximum absolute atomic E-state index is 10.4. The summed E-state index contributed by atoms with van der Waals surface area (Å²) in [7, 11) is 0. The predicted molar refractivity (Wildman–Crippen MR) is 38.9 cm³/mol. The molecule has 0 saturated carbocycles. The van der Waals surface area contributed by atoms with Crippen molar-refractivity contribution in [2.45, 2.75) is 18.6 Å². The average molecular weight is 167 g/mol. The molecule has 1 aliphatic heterocycles. The standard InChI is InChI=1S/C5H10N2O2.ClH/c6-5(9)4-3(8)1-2-7-4;/h3-4,7-8H,1-2H2,(H2,6,9);1H/t3?,4-;/m0./s1. The minimum Gasteiger partial charge on any atom is -0.391 e. The highest BCUT2D eigenvalue weighted by Crippen LogP contribution is 2.04. The number of halogens is 1. The zero-order valence-corrected chi connectivity index (χ0v) is 6.23. The van der Waals surface area contributed by atoms with Crippen molar-refractivity contribution in [1.29, 1.82) is 0 Å².